The van der Waals surface area contributed by atoms with Crippen LogP contribution in [0, 0.1) is 11.6 Å². The lowest BCUT2D eigenvalue weighted by Gasteiger charge is -2.11. The molecule has 3 aromatic rings. The van der Waals surface area contributed by atoms with Gasteiger partial charge in [-0.2, -0.15) is 4.98 Å². The molecule has 0 unspecified atom stereocenters. The molecular formula is C17H15F2N5O. The predicted octanol–water partition coefficient (Wildman–Crippen LogP) is 2.96. The van der Waals surface area contributed by atoms with Crippen molar-refractivity contribution in [3.8, 4) is 11.4 Å². The van der Waals surface area contributed by atoms with Gasteiger partial charge in [0.05, 0.1) is 23.7 Å². The highest BCUT2D eigenvalue weighted by Gasteiger charge is 2.10. The first-order valence-electron chi connectivity index (χ1n) is 7.53. The fraction of sp³-hybridized carbons (Fsp3) is 0.118. The lowest BCUT2D eigenvalue weighted by Crippen LogP contribution is -2.10. The van der Waals surface area contributed by atoms with Crippen molar-refractivity contribution in [2.24, 2.45) is 0 Å². The summed E-state index contributed by atoms with van der Waals surface area (Å²) in [4.78, 5) is 12.7. The number of hydrogen-bond acceptors (Lipinski definition) is 6. The van der Waals surface area contributed by atoms with Gasteiger partial charge < -0.3 is 15.7 Å². The minimum absolute atomic E-state index is 0.0428. The Kier molecular flexibility index (Phi) is 5.10. The van der Waals surface area contributed by atoms with Crippen LogP contribution in [0.25, 0.3) is 11.4 Å². The fourth-order valence-electron chi connectivity index (χ4n) is 2.13. The highest BCUT2D eigenvalue weighted by atomic mass is 19.1. The van der Waals surface area contributed by atoms with Crippen LogP contribution in [0.3, 0.4) is 0 Å². The maximum atomic E-state index is 13.8. The number of aliphatic hydroxyl groups excluding tert-OH is 1. The molecule has 0 amide bonds. The van der Waals surface area contributed by atoms with Crippen molar-refractivity contribution in [3.05, 3.63) is 60.3 Å². The number of nitrogens with one attached hydrogen (secondary N) is 2. The van der Waals surface area contributed by atoms with Crippen LogP contribution in [-0.4, -0.2) is 33.2 Å². The number of anilines is 3. The zero-order valence-electron chi connectivity index (χ0n) is 13.1. The summed E-state index contributed by atoms with van der Waals surface area (Å²) in [5.74, 6) is -0.678. The molecule has 0 aliphatic carbocycles. The molecule has 25 heavy (non-hydrogen) atoms. The molecule has 8 heteroatoms. The van der Waals surface area contributed by atoms with Gasteiger partial charge in [-0.25, -0.2) is 13.8 Å². The van der Waals surface area contributed by atoms with Crippen LogP contribution in [0.5, 0.6) is 0 Å². The summed E-state index contributed by atoms with van der Waals surface area (Å²) in [6, 6.07) is 10.0. The Morgan fingerprint density at radius 3 is 2.64 bits per heavy atom. The van der Waals surface area contributed by atoms with E-state index in [4.69, 9.17) is 5.11 Å². The quantitative estimate of drug-likeness (QED) is 0.638. The van der Waals surface area contributed by atoms with E-state index < -0.39 is 11.6 Å². The molecule has 128 valence electrons. The van der Waals surface area contributed by atoms with Crippen LogP contribution in [0.1, 0.15) is 0 Å². The summed E-state index contributed by atoms with van der Waals surface area (Å²) >= 11 is 0. The van der Waals surface area contributed by atoms with Crippen LogP contribution < -0.4 is 10.6 Å². The van der Waals surface area contributed by atoms with Gasteiger partial charge in [-0.15, -0.1) is 0 Å². The summed E-state index contributed by atoms with van der Waals surface area (Å²) in [6.45, 7) is 0.151. The van der Waals surface area contributed by atoms with Crippen molar-refractivity contribution >= 4 is 17.5 Å². The molecular weight excluding hydrogens is 328 g/mol. The van der Waals surface area contributed by atoms with E-state index in [0.29, 0.717) is 11.4 Å². The number of hydrogen-bond donors (Lipinski definition) is 3. The van der Waals surface area contributed by atoms with Crippen LogP contribution in [0.2, 0.25) is 0 Å². The Balaban J connectivity index is 1.98. The normalized spacial score (nSPS) is 10.5. The molecule has 0 fully saturated rings. The molecule has 2 aromatic heterocycles. The number of aromatic nitrogens is 3. The molecule has 3 N–H and O–H groups in total. The van der Waals surface area contributed by atoms with Crippen LogP contribution in [0.4, 0.5) is 26.2 Å². The molecule has 0 radical (unpaired) electrons. The van der Waals surface area contributed by atoms with Gasteiger partial charge in [-0.3, -0.25) is 4.98 Å². The van der Waals surface area contributed by atoms with Gasteiger partial charge >= 0.3 is 0 Å². The van der Waals surface area contributed by atoms with Crippen LogP contribution >= 0.6 is 0 Å². The average molecular weight is 343 g/mol. The molecule has 0 bridgehead atoms. The average Bonchev–Trinajstić information content (AvgIpc) is 2.63. The maximum Gasteiger partial charge on any atom is 0.225 e. The lowest BCUT2D eigenvalue weighted by molar-refractivity contribution is 0.311. The molecule has 0 saturated carbocycles. The number of benzene rings is 1. The molecule has 1 aromatic carbocycles. The number of halogens is 2. The standard InChI is InChI=1S/C17H15F2N5O/c18-11-4-5-12(19)14(9-11)22-16-10-15(13-3-1-2-6-20-13)23-17(24-16)21-7-8-25/h1-6,9-10,25H,7-8H2,(H2,21,22,23,24). The number of rotatable bonds is 6. The third-order valence-electron chi connectivity index (χ3n) is 3.24. The molecule has 3 rings (SSSR count). The summed E-state index contributed by atoms with van der Waals surface area (Å²) < 4.78 is 27.2. The van der Waals surface area contributed by atoms with Crippen molar-refractivity contribution in [2.45, 2.75) is 0 Å². The van der Waals surface area contributed by atoms with Crippen molar-refractivity contribution in [1.29, 1.82) is 0 Å². The smallest absolute Gasteiger partial charge is 0.225 e. The first kappa shape index (κ1) is 16.7. The molecule has 6 nitrogen and oxygen atoms in total. The van der Waals surface area contributed by atoms with Crippen molar-refractivity contribution < 1.29 is 13.9 Å². The van der Waals surface area contributed by atoms with Crippen molar-refractivity contribution in [1.82, 2.24) is 15.0 Å². The fourth-order valence-corrected chi connectivity index (χ4v) is 2.13. The molecule has 0 atom stereocenters. The Morgan fingerprint density at radius 2 is 1.88 bits per heavy atom. The van der Waals surface area contributed by atoms with E-state index in [2.05, 4.69) is 25.6 Å². The van der Waals surface area contributed by atoms with E-state index in [1.165, 1.54) is 0 Å². The minimum Gasteiger partial charge on any atom is -0.395 e. The Hall–Kier alpha value is -3.13. The summed E-state index contributed by atoms with van der Waals surface area (Å²) in [5, 5.41) is 14.5. The first-order valence-corrected chi connectivity index (χ1v) is 7.53. The topological polar surface area (TPSA) is 83.0 Å². The molecule has 0 saturated heterocycles. The number of nitrogens with zero attached hydrogens (tertiary/aromatic N) is 3. The van der Waals surface area contributed by atoms with Gasteiger partial charge in [0.25, 0.3) is 0 Å². The number of pyridine rings is 1. The van der Waals surface area contributed by atoms with Gasteiger partial charge in [0.2, 0.25) is 5.95 Å². The second-order valence-electron chi connectivity index (χ2n) is 5.08. The van der Waals surface area contributed by atoms with E-state index in [0.717, 1.165) is 18.2 Å². The van der Waals surface area contributed by atoms with E-state index in [1.807, 2.05) is 6.07 Å². The maximum absolute atomic E-state index is 13.8. The van der Waals surface area contributed by atoms with Gasteiger partial charge in [-0.1, -0.05) is 6.07 Å². The van der Waals surface area contributed by atoms with Crippen molar-refractivity contribution in [3.63, 3.8) is 0 Å². The van der Waals surface area contributed by atoms with Crippen LogP contribution in [-0.2, 0) is 0 Å². The van der Waals surface area contributed by atoms with Crippen LogP contribution in [0.15, 0.2) is 48.7 Å². The van der Waals surface area contributed by atoms with Crippen molar-refractivity contribution in [2.75, 3.05) is 23.8 Å². The van der Waals surface area contributed by atoms with E-state index in [9.17, 15) is 8.78 Å². The van der Waals surface area contributed by atoms with Gasteiger partial charge in [-0.05, 0) is 24.3 Å². The summed E-state index contributed by atoms with van der Waals surface area (Å²) in [6.07, 6.45) is 1.62. The molecule has 0 aliphatic rings. The molecule has 0 spiro atoms. The predicted molar refractivity (Wildman–Crippen MR) is 90.5 cm³/mol. The Morgan fingerprint density at radius 1 is 1.00 bits per heavy atom. The highest BCUT2D eigenvalue weighted by Crippen LogP contribution is 2.24. The van der Waals surface area contributed by atoms with E-state index in [-0.39, 0.29) is 30.6 Å². The Labute approximate surface area is 142 Å². The lowest BCUT2D eigenvalue weighted by atomic mass is 10.2. The zero-order chi connectivity index (χ0) is 17.6. The zero-order valence-corrected chi connectivity index (χ0v) is 13.1. The first-order chi connectivity index (χ1) is 12.2. The third-order valence-corrected chi connectivity index (χ3v) is 3.24. The molecule has 2 heterocycles. The second kappa shape index (κ2) is 7.63. The minimum atomic E-state index is -0.607. The van der Waals surface area contributed by atoms with E-state index >= 15 is 0 Å². The number of aliphatic hydroxyl groups is 1. The Bertz CT molecular complexity index is 861. The highest BCUT2D eigenvalue weighted by molar-refractivity contribution is 5.65. The molecule has 0 aliphatic heterocycles. The van der Waals surface area contributed by atoms with Gasteiger partial charge in [0.15, 0.2) is 0 Å². The summed E-state index contributed by atoms with van der Waals surface area (Å²) in [5.41, 5.74) is 1.05. The monoisotopic (exact) mass is 343 g/mol. The van der Waals surface area contributed by atoms with Gasteiger partial charge in [0, 0.05) is 24.9 Å². The second-order valence-corrected chi connectivity index (χ2v) is 5.08. The largest absolute Gasteiger partial charge is 0.395 e. The van der Waals surface area contributed by atoms with Gasteiger partial charge in [0.1, 0.15) is 17.5 Å². The third kappa shape index (κ3) is 4.24. The SMILES string of the molecule is OCCNc1nc(Nc2cc(F)ccc2F)cc(-c2ccccn2)n1. The summed E-state index contributed by atoms with van der Waals surface area (Å²) in [7, 11) is 0. The van der Waals surface area contributed by atoms with E-state index in [1.54, 1.807) is 24.4 Å².